The molecule has 0 atom stereocenters. The minimum atomic E-state index is -0.224. The van der Waals surface area contributed by atoms with Crippen molar-refractivity contribution < 1.29 is 9.53 Å². The van der Waals surface area contributed by atoms with E-state index < -0.39 is 0 Å². The van der Waals surface area contributed by atoms with Crippen LogP contribution in [0.2, 0.25) is 0 Å². The zero-order chi connectivity index (χ0) is 16.8. The summed E-state index contributed by atoms with van der Waals surface area (Å²) in [6, 6.07) is 7.52. The van der Waals surface area contributed by atoms with E-state index in [1.165, 1.54) is 10.9 Å². The number of hydrogen-bond acceptors (Lipinski definition) is 4. The van der Waals surface area contributed by atoms with Crippen LogP contribution in [-0.2, 0) is 11.3 Å². The third kappa shape index (κ3) is 4.42. The fraction of sp³-hybridized carbons (Fsp3) is 0.353. The summed E-state index contributed by atoms with van der Waals surface area (Å²) in [6.45, 7) is 6.14. The van der Waals surface area contributed by atoms with Crippen molar-refractivity contribution in [1.29, 1.82) is 0 Å². The predicted molar refractivity (Wildman–Crippen MR) is 87.7 cm³/mol. The molecule has 2 aromatic rings. The highest BCUT2D eigenvalue weighted by Gasteiger charge is 2.06. The summed E-state index contributed by atoms with van der Waals surface area (Å²) in [5, 5.41) is 2.73. The Morgan fingerprint density at radius 1 is 1.26 bits per heavy atom. The average Bonchev–Trinajstić information content (AvgIpc) is 2.54. The standard InChI is InChI=1S/C17H21N3O3/c1-12-6-4-5-7-15(12)23-10-16(21)18-8-9-20-11-19-14(3)13(2)17(20)22/h4-7,11H,8-10H2,1-3H3,(H,18,21). The van der Waals surface area contributed by atoms with Gasteiger partial charge in [-0.1, -0.05) is 18.2 Å². The van der Waals surface area contributed by atoms with Gasteiger partial charge in [0.1, 0.15) is 5.75 Å². The molecule has 0 aliphatic carbocycles. The normalized spacial score (nSPS) is 10.4. The quantitative estimate of drug-likeness (QED) is 0.873. The number of aryl methyl sites for hydroxylation is 2. The van der Waals surface area contributed by atoms with Gasteiger partial charge in [0.25, 0.3) is 11.5 Å². The van der Waals surface area contributed by atoms with Crippen LogP contribution in [0.4, 0.5) is 0 Å². The maximum atomic E-state index is 12.0. The minimum absolute atomic E-state index is 0.0507. The van der Waals surface area contributed by atoms with E-state index in [1.807, 2.05) is 31.2 Å². The Morgan fingerprint density at radius 3 is 2.74 bits per heavy atom. The highest BCUT2D eigenvalue weighted by atomic mass is 16.5. The number of ether oxygens (including phenoxy) is 1. The van der Waals surface area contributed by atoms with Crippen LogP contribution in [0.25, 0.3) is 0 Å². The Bertz CT molecular complexity index is 753. The fourth-order valence-corrected chi connectivity index (χ4v) is 2.06. The summed E-state index contributed by atoms with van der Waals surface area (Å²) < 4.78 is 6.96. The Hall–Kier alpha value is -2.63. The molecule has 0 bridgehead atoms. The van der Waals surface area contributed by atoms with Gasteiger partial charge in [-0.2, -0.15) is 0 Å². The van der Waals surface area contributed by atoms with Crippen molar-refractivity contribution in [3.8, 4) is 5.75 Å². The molecule has 0 saturated carbocycles. The molecule has 1 aromatic heterocycles. The lowest BCUT2D eigenvalue weighted by molar-refractivity contribution is -0.123. The summed E-state index contributed by atoms with van der Waals surface area (Å²) in [6.07, 6.45) is 1.50. The van der Waals surface area contributed by atoms with E-state index in [1.54, 1.807) is 13.8 Å². The van der Waals surface area contributed by atoms with Crippen molar-refractivity contribution >= 4 is 5.91 Å². The molecule has 0 radical (unpaired) electrons. The molecule has 6 nitrogen and oxygen atoms in total. The number of nitrogens with zero attached hydrogens (tertiary/aromatic N) is 2. The first kappa shape index (κ1) is 16.7. The number of amides is 1. The third-order valence-corrected chi connectivity index (χ3v) is 3.64. The van der Waals surface area contributed by atoms with Crippen LogP contribution < -0.4 is 15.6 Å². The second-order valence-electron chi connectivity index (χ2n) is 5.36. The highest BCUT2D eigenvalue weighted by Crippen LogP contribution is 2.15. The Kier molecular flexibility index (Phi) is 5.51. The largest absolute Gasteiger partial charge is 0.484 e. The molecule has 122 valence electrons. The van der Waals surface area contributed by atoms with Crippen molar-refractivity contribution in [2.45, 2.75) is 27.3 Å². The van der Waals surface area contributed by atoms with Crippen LogP contribution in [0.5, 0.6) is 5.75 Å². The number of benzene rings is 1. The predicted octanol–water partition coefficient (Wildman–Crippen LogP) is 1.36. The first-order valence-corrected chi connectivity index (χ1v) is 7.47. The average molecular weight is 315 g/mol. The van der Waals surface area contributed by atoms with E-state index in [0.717, 1.165) is 11.3 Å². The number of carbonyl (C=O) groups excluding carboxylic acids is 1. The zero-order valence-electron chi connectivity index (χ0n) is 13.6. The van der Waals surface area contributed by atoms with Crippen molar-refractivity contribution in [1.82, 2.24) is 14.9 Å². The lowest BCUT2D eigenvalue weighted by Gasteiger charge is -2.10. The molecule has 1 amide bonds. The van der Waals surface area contributed by atoms with E-state index in [2.05, 4.69) is 10.3 Å². The number of aromatic nitrogens is 2. The Balaban J connectivity index is 1.80. The van der Waals surface area contributed by atoms with Gasteiger partial charge in [-0.3, -0.25) is 14.2 Å². The minimum Gasteiger partial charge on any atom is -0.484 e. The first-order chi connectivity index (χ1) is 11.0. The molecule has 23 heavy (non-hydrogen) atoms. The van der Waals surface area contributed by atoms with Crippen LogP contribution in [0.1, 0.15) is 16.8 Å². The molecule has 0 spiro atoms. The molecule has 0 aliphatic rings. The maximum Gasteiger partial charge on any atom is 0.258 e. The van der Waals surface area contributed by atoms with Crippen LogP contribution in [-0.4, -0.2) is 28.6 Å². The number of nitrogens with one attached hydrogen (secondary N) is 1. The molecule has 2 rings (SSSR count). The number of rotatable bonds is 6. The fourth-order valence-electron chi connectivity index (χ4n) is 2.06. The van der Waals surface area contributed by atoms with Crippen molar-refractivity contribution in [2.24, 2.45) is 0 Å². The lowest BCUT2D eigenvalue weighted by Crippen LogP contribution is -2.34. The number of carbonyl (C=O) groups is 1. The summed E-state index contributed by atoms with van der Waals surface area (Å²) in [4.78, 5) is 27.9. The molecule has 1 N–H and O–H groups in total. The van der Waals surface area contributed by atoms with Gasteiger partial charge in [-0.05, 0) is 32.4 Å². The summed E-state index contributed by atoms with van der Waals surface area (Å²) in [5.41, 5.74) is 2.25. The van der Waals surface area contributed by atoms with Gasteiger partial charge in [-0.15, -0.1) is 0 Å². The maximum absolute atomic E-state index is 12.0. The SMILES string of the molecule is Cc1ccccc1OCC(=O)NCCn1cnc(C)c(C)c1=O. The lowest BCUT2D eigenvalue weighted by atomic mass is 10.2. The smallest absolute Gasteiger partial charge is 0.258 e. The van der Waals surface area contributed by atoms with Gasteiger partial charge in [0, 0.05) is 24.3 Å². The molecule has 1 aromatic carbocycles. The molecule has 0 saturated heterocycles. The first-order valence-electron chi connectivity index (χ1n) is 7.47. The Labute approximate surface area is 135 Å². The Morgan fingerprint density at radius 2 is 2.00 bits per heavy atom. The number of para-hydroxylation sites is 1. The summed E-state index contributed by atoms with van der Waals surface area (Å²) >= 11 is 0. The van der Waals surface area contributed by atoms with Gasteiger partial charge in [0.15, 0.2) is 6.61 Å². The summed E-state index contributed by atoms with van der Waals surface area (Å²) in [5.74, 6) is 0.468. The molecule has 1 heterocycles. The highest BCUT2D eigenvalue weighted by molar-refractivity contribution is 5.77. The van der Waals surface area contributed by atoms with Gasteiger partial charge < -0.3 is 10.1 Å². The monoisotopic (exact) mass is 315 g/mol. The van der Waals surface area contributed by atoms with Gasteiger partial charge in [-0.25, -0.2) is 4.98 Å². The second kappa shape index (κ2) is 7.58. The van der Waals surface area contributed by atoms with Gasteiger partial charge >= 0.3 is 0 Å². The molecular formula is C17H21N3O3. The third-order valence-electron chi connectivity index (χ3n) is 3.64. The molecule has 0 unspecified atom stereocenters. The van der Waals surface area contributed by atoms with E-state index in [0.29, 0.717) is 24.4 Å². The van der Waals surface area contributed by atoms with E-state index in [9.17, 15) is 9.59 Å². The number of hydrogen-bond donors (Lipinski definition) is 1. The zero-order valence-corrected chi connectivity index (χ0v) is 13.6. The van der Waals surface area contributed by atoms with Gasteiger partial charge in [0.05, 0.1) is 6.33 Å². The second-order valence-corrected chi connectivity index (χ2v) is 5.36. The topological polar surface area (TPSA) is 73.2 Å². The molecule has 0 fully saturated rings. The van der Waals surface area contributed by atoms with Crippen LogP contribution in [0, 0.1) is 20.8 Å². The van der Waals surface area contributed by atoms with Gasteiger partial charge in [0.2, 0.25) is 0 Å². The van der Waals surface area contributed by atoms with Crippen LogP contribution in [0.3, 0.4) is 0 Å². The van der Waals surface area contributed by atoms with Crippen molar-refractivity contribution in [3.05, 3.63) is 57.8 Å². The van der Waals surface area contributed by atoms with Crippen LogP contribution >= 0.6 is 0 Å². The van der Waals surface area contributed by atoms with Crippen molar-refractivity contribution in [2.75, 3.05) is 13.2 Å². The van der Waals surface area contributed by atoms with E-state index >= 15 is 0 Å². The molecular weight excluding hydrogens is 294 g/mol. The molecule has 0 aliphatic heterocycles. The summed E-state index contributed by atoms with van der Waals surface area (Å²) in [7, 11) is 0. The van der Waals surface area contributed by atoms with Crippen LogP contribution in [0.15, 0.2) is 35.4 Å². The van der Waals surface area contributed by atoms with E-state index in [-0.39, 0.29) is 18.1 Å². The van der Waals surface area contributed by atoms with Crippen molar-refractivity contribution in [3.63, 3.8) is 0 Å². The molecule has 6 heteroatoms. The van der Waals surface area contributed by atoms with E-state index in [4.69, 9.17) is 4.74 Å².